The first-order valence-corrected chi connectivity index (χ1v) is 20.6. The van der Waals surface area contributed by atoms with Crippen molar-refractivity contribution in [1.82, 2.24) is 0 Å². The topological polar surface area (TPSA) is 0 Å². The fourth-order valence-corrected chi connectivity index (χ4v) is 9.87. The second-order valence-electron chi connectivity index (χ2n) is 15.8. The molecular weight excluding hydrogens is 516 g/mol. The molecule has 0 heterocycles. The monoisotopic (exact) mass is 605 g/mol. The molecule has 0 spiro atoms. The van der Waals surface area contributed by atoms with Gasteiger partial charge in [-0.15, -0.1) is 0 Å². The minimum Gasteiger partial charge on any atom is -0.0654 e. The quantitative estimate of drug-likeness (QED) is 0.0833. The summed E-state index contributed by atoms with van der Waals surface area (Å²) in [4.78, 5) is 0. The van der Waals surface area contributed by atoms with Gasteiger partial charge in [0.1, 0.15) is 0 Å². The molecule has 0 aromatic rings. The van der Waals surface area contributed by atoms with Crippen LogP contribution in [-0.4, -0.2) is 0 Å². The van der Waals surface area contributed by atoms with Gasteiger partial charge in [-0.05, 0) is 96.7 Å². The van der Waals surface area contributed by atoms with Crippen molar-refractivity contribution in [2.24, 2.45) is 71.0 Å². The summed E-state index contributed by atoms with van der Waals surface area (Å²) >= 11 is 0. The fourth-order valence-electron chi connectivity index (χ4n) is 9.87. The van der Waals surface area contributed by atoms with Gasteiger partial charge >= 0.3 is 0 Å². The van der Waals surface area contributed by atoms with Crippen molar-refractivity contribution >= 4 is 0 Å². The molecule has 0 aliphatic carbocycles. The first kappa shape index (κ1) is 43.0. The number of hydrogen-bond donors (Lipinski definition) is 0. The van der Waals surface area contributed by atoms with Crippen molar-refractivity contribution in [2.75, 3.05) is 0 Å². The van der Waals surface area contributed by atoms with Crippen LogP contribution in [-0.2, 0) is 0 Å². The number of rotatable bonds is 28. The molecule has 0 fully saturated rings. The molecule has 0 aromatic carbocycles. The Labute approximate surface area is 276 Å². The van der Waals surface area contributed by atoms with Gasteiger partial charge in [0.2, 0.25) is 0 Å². The van der Waals surface area contributed by atoms with Crippen LogP contribution < -0.4 is 0 Å². The molecular formula is C43H88. The summed E-state index contributed by atoms with van der Waals surface area (Å²) in [6.45, 7) is 35.1. The highest BCUT2D eigenvalue weighted by molar-refractivity contribution is 4.90. The van der Waals surface area contributed by atoms with Gasteiger partial charge in [-0.1, -0.05) is 180 Å². The predicted octanol–water partition coefficient (Wildman–Crippen LogP) is 15.3. The smallest absolute Gasteiger partial charge is 0.0352 e. The maximum atomic E-state index is 2.63. The zero-order chi connectivity index (χ0) is 32.9. The lowest BCUT2D eigenvalue weighted by molar-refractivity contribution is 0.0333. The van der Waals surface area contributed by atoms with Crippen molar-refractivity contribution in [3.05, 3.63) is 0 Å². The maximum absolute atomic E-state index is 2.63. The third-order valence-electron chi connectivity index (χ3n) is 13.4. The standard InChI is InChI=1S/C43H88/c1-15-25-27-40(34(14)32(11)12)43(36(20-6)21-7)31-37(22-8)41(30-29-35(18-4)19-5)42(28-26-16-2)39(24-10)38(23-9)33(13)17-3/h32-43H,15-31H2,1-14H3. The highest BCUT2D eigenvalue weighted by Crippen LogP contribution is 2.49. The molecule has 0 amide bonds. The molecule has 0 bridgehead atoms. The van der Waals surface area contributed by atoms with E-state index < -0.39 is 0 Å². The van der Waals surface area contributed by atoms with Gasteiger partial charge in [0, 0.05) is 0 Å². The molecule has 43 heavy (non-hydrogen) atoms. The normalized spacial score (nSPS) is 18.9. The Hall–Kier alpha value is 0. The van der Waals surface area contributed by atoms with E-state index in [2.05, 4.69) is 96.9 Å². The summed E-state index contributed by atoms with van der Waals surface area (Å²) in [7, 11) is 0. The van der Waals surface area contributed by atoms with Crippen LogP contribution in [0.2, 0.25) is 0 Å². The summed E-state index contributed by atoms with van der Waals surface area (Å²) in [5.74, 6) is 10.5. The molecule has 0 aromatic heterocycles. The van der Waals surface area contributed by atoms with Gasteiger partial charge in [-0.3, -0.25) is 0 Å². The van der Waals surface area contributed by atoms with E-state index >= 15 is 0 Å². The average molecular weight is 605 g/mol. The molecule has 260 valence electrons. The van der Waals surface area contributed by atoms with Crippen molar-refractivity contribution in [3.63, 3.8) is 0 Å². The van der Waals surface area contributed by atoms with E-state index in [4.69, 9.17) is 0 Å². The Morgan fingerprint density at radius 1 is 0.372 bits per heavy atom. The minimum atomic E-state index is 0.784. The van der Waals surface area contributed by atoms with E-state index in [1.165, 1.54) is 109 Å². The van der Waals surface area contributed by atoms with Crippen molar-refractivity contribution in [2.45, 2.75) is 206 Å². The average Bonchev–Trinajstić information content (AvgIpc) is 3.02. The van der Waals surface area contributed by atoms with Crippen LogP contribution in [0.15, 0.2) is 0 Å². The molecule has 9 unspecified atom stereocenters. The van der Waals surface area contributed by atoms with Crippen LogP contribution in [0.4, 0.5) is 0 Å². The van der Waals surface area contributed by atoms with Gasteiger partial charge in [0.15, 0.2) is 0 Å². The lowest BCUT2D eigenvalue weighted by atomic mass is 9.59. The Bertz CT molecular complexity index is 597. The van der Waals surface area contributed by atoms with Crippen LogP contribution in [0.3, 0.4) is 0 Å². The highest BCUT2D eigenvalue weighted by atomic mass is 14.5. The predicted molar refractivity (Wildman–Crippen MR) is 200 cm³/mol. The molecule has 0 rings (SSSR count). The Morgan fingerprint density at radius 2 is 0.884 bits per heavy atom. The Balaban J connectivity index is 6.99. The minimum absolute atomic E-state index is 0.784. The van der Waals surface area contributed by atoms with E-state index in [0.717, 1.165) is 71.0 Å². The fraction of sp³-hybridized carbons (Fsp3) is 1.00. The SMILES string of the molecule is CCCCC(C(C)C(C)C)C(CC(CC)C(CCC(CC)CC)C(CCCC)C(CC)C(CC)C(C)CC)C(CC)CC. The van der Waals surface area contributed by atoms with Gasteiger partial charge in [-0.2, -0.15) is 0 Å². The first-order chi connectivity index (χ1) is 20.6. The van der Waals surface area contributed by atoms with Crippen LogP contribution in [0, 0.1) is 71.0 Å². The lowest BCUT2D eigenvalue weighted by Gasteiger charge is -2.46. The van der Waals surface area contributed by atoms with E-state index in [9.17, 15) is 0 Å². The highest BCUT2D eigenvalue weighted by Gasteiger charge is 2.40. The lowest BCUT2D eigenvalue weighted by Crippen LogP contribution is -2.38. The molecule has 0 saturated heterocycles. The number of hydrogen-bond acceptors (Lipinski definition) is 0. The summed E-state index contributed by atoms with van der Waals surface area (Å²) in [6, 6.07) is 0. The van der Waals surface area contributed by atoms with E-state index in [0.29, 0.717) is 0 Å². The van der Waals surface area contributed by atoms with Gasteiger partial charge < -0.3 is 0 Å². The third kappa shape index (κ3) is 14.1. The molecule has 0 aliphatic heterocycles. The van der Waals surface area contributed by atoms with Crippen LogP contribution in [0.1, 0.15) is 206 Å². The van der Waals surface area contributed by atoms with Crippen LogP contribution >= 0.6 is 0 Å². The summed E-state index contributed by atoms with van der Waals surface area (Å²) in [5, 5.41) is 0. The van der Waals surface area contributed by atoms with Crippen LogP contribution in [0.5, 0.6) is 0 Å². The third-order valence-corrected chi connectivity index (χ3v) is 13.4. The zero-order valence-electron chi connectivity index (χ0n) is 32.9. The zero-order valence-corrected chi connectivity index (χ0v) is 32.9. The van der Waals surface area contributed by atoms with Gasteiger partial charge in [-0.25, -0.2) is 0 Å². The van der Waals surface area contributed by atoms with Gasteiger partial charge in [0.25, 0.3) is 0 Å². The van der Waals surface area contributed by atoms with E-state index in [-0.39, 0.29) is 0 Å². The van der Waals surface area contributed by atoms with Crippen LogP contribution in [0.25, 0.3) is 0 Å². The molecule has 0 N–H and O–H groups in total. The van der Waals surface area contributed by atoms with Crippen molar-refractivity contribution < 1.29 is 0 Å². The summed E-state index contributed by atoms with van der Waals surface area (Å²) in [6.07, 6.45) is 23.9. The largest absolute Gasteiger partial charge is 0.0654 e. The molecule has 0 aliphatic rings. The van der Waals surface area contributed by atoms with E-state index in [1.54, 1.807) is 0 Å². The molecule has 0 nitrogen and oxygen atoms in total. The maximum Gasteiger partial charge on any atom is -0.0352 e. The first-order valence-electron chi connectivity index (χ1n) is 20.6. The molecule has 0 saturated carbocycles. The number of unbranched alkanes of at least 4 members (excludes halogenated alkanes) is 2. The second-order valence-corrected chi connectivity index (χ2v) is 15.8. The van der Waals surface area contributed by atoms with Gasteiger partial charge in [0.05, 0.1) is 0 Å². The van der Waals surface area contributed by atoms with E-state index in [1.807, 2.05) is 0 Å². The molecule has 0 radical (unpaired) electrons. The molecule has 9 atom stereocenters. The second kappa shape index (κ2) is 25.1. The molecule has 0 heteroatoms. The van der Waals surface area contributed by atoms with Crippen molar-refractivity contribution in [3.8, 4) is 0 Å². The Morgan fingerprint density at radius 3 is 1.28 bits per heavy atom. The summed E-state index contributed by atoms with van der Waals surface area (Å²) < 4.78 is 0. The van der Waals surface area contributed by atoms with Crippen molar-refractivity contribution in [1.29, 1.82) is 0 Å². The summed E-state index contributed by atoms with van der Waals surface area (Å²) in [5.41, 5.74) is 0. The Kier molecular flexibility index (Phi) is 25.1.